The molecule has 1 atom stereocenters. The molecule has 4 nitrogen and oxygen atoms in total. The van der Waals surface area contributed by atoms with Crippen molar-refractivity contribution in [1.82, 2.24) is 5.32 Å². The van der Waals surface area contributed by atoms with Crippen molar-refractivity contribution in [2.75, 3.05) is 20.8 Å². The Morgan fingerprint density at radius 3 is 2.48 bits per heavy atom. The number of benzene rings is 1. The maximum absolute atomic E-state index is 5.92. The van der Waals surface area contributed by atoms with Gasteiger partial charge in [-0.2, -0.15) is 0 Å². The summed E-state index contributed by atoms with van der Waals surface area (Å²) in [6, 6.07) is 9.78. The van der Waals surface area contributed by atoms with Crippen LogP contribution in [-0.4, -0.2) is 20.8 Å². The number of nitrogens with one attached hydrogen (secondary N) is 1. The maximum atomic E-state index is 5.92. The minimum absolute atomic E-state index is 0.0552. The van der Waals surface area contributed by atoms with Gasteiger partial charge < -0.3 is 19.2 Å². The van der Waals surface area contributed by atoms with Crippen molar-refractivity contribution in [3.05, 3.63) is 47.4 Å². The number of furan rings is 1. The van der Waals surface area contributed by atoms with E-state index in [0.717, 1.165) is 41.5 Å². The van der Waals surface area contributed by atoms with Gasteiger partial charge in [0.1, 0.15) is 23.0 Å². The first-order chi connectivity index (χ1) is 10.2. The summed E-state index contributed by atoms with van der Waals surface area (Å²) >= 11 is 0. The quantitative estimate of drug-likeness (QED) is 0.846. The fourth-order valence-corrected chi connectivity index (χ4v) is 2.37. The molecule has 0 aliphatic heterocycles. The second kappa shape index (κ2) is 7.18. The van der Waals surface area contributed by atoms with Gasteiger partial charge in [-0.1, -0.05) is 13.8 Å². The normalized spacial score (nSPS) is 12.2. The smallest absolute Gasteiger partial charge is 0.125 e. The Morgan fingerprint density at radius 2 is 1.90 bits per heavy atom. The van der Waals surface area contributed by atoms with Gasteiger partial charge in [0.25, 0.3) is 0 Å². The van der Waals surface area contributed by atoms with Crippen molar-refractivity contribution >= 4 is 0 Å². The van der Waals surface area contributed by atoms with Gasteiger partial charge in [-0.25, -0.2) is 0 Å². The van der Waals surface area contributed by atoms with E-state index in [2.05, 4.69) is 19.2 Å². The van der Waals surface area contributed by atoms with Gasteiger partial charge in [0.05, 0.1) is 20.3 Å². The van der Waals surface area contributed by atoms with Gasteiger partial charge in [0, 0.05) is 12.0 Å². The van der Waals surface area contributed by atoms with Crippen LogP contribution >= 0.6 is 0 Å². The predicted molar refractivity (Wildman–Crippen MR) is 83.2 cm³/mol. The predicted octanol–water partition coefficient (Wildman–Crippen LogP) is 3.56. The molecule has 1 N–H and O–H groups in total. The zero-order valence-corrected chi connectivity index (χ0v) is 13.1. The molecule has 0 spiro atoms. The van der Waals surface area contributed by atoms with Gasteiger partial charge in [0.15, 0.2) is 0 Å². The third kappa shape index (κ3) is 3.39. The van der Waals surface area contributed by atoms with Crippen LogP contribution in [0.2, 0.25) is 0 Å². The molecule has 0 saturated carbocycles. The molecule has 0 radical (unpaired) electrons. The van der Waals surface area contributed by atoms with Crippen LogP contribution in [0.1, 0.15) is 37.0 Å². The van der Waals surface area contributed by atoms with Crippen LogP contribution in [0.25, 0.3) is 0 Å². The van der Waals surface area contributed by atoms with E-state index in [0.29, 0.717) is 0 Å². The molecular weight excluding hydrogens is 266 g/mol. The summed E-state index contributed by atoms with van der Waals surface area (Å²) in [5.41, 5.74) is 1.01. The van der Waals surface area contributed by atoms with E-state index in [4.69, 9.17) is 13.9 Å². The van der Waals surface area contributed by atoms with Crippen LogP contribution in [0, 0.1) is 0 Å². The molecule has 0 amide bonds. The van der Waals surface area contributed by atoms with Crippen molar-refractivity contribution in [2.45, 2.75) is 26.3 Å². The lowest BCUT2D eigenvalue weighted by Gasteiger charge is -2.19. The molecule has 1 unspecified atom stereocenters. The van der Waals surface area contributed by atoms with Crippen molar-refractivity contribution in [3.63, 3.8) is 0 Å². The summed E-state index contributed by atoms with van der Waals surface area (Å²) in [7, 11) is 3.34. The van der Waals surface area contributed by atoms with E-state index in [9.17, 15) is 0 Å². The molecule has 4 heteroatoms. The van der Waals surface area contributed by atoms with Crippen molar-refractivity contribution in [3.8, 4) is 11.5 Å². The number of aryl methyl sites for hydroxylation is 1. The molecule has 1 aromatic heterocycles. The first-order valence-corrected chi connectivity index (χ1v) is 7.27. The monoisotopic (exact) mass is 289 g/mol. The Kier molecular flexibility index (Phi) is 5.28. The molecule has 0 fully saturated rings. The zero-order chi connectivity index (χ0) is 15.2. The van der Waals surface area contributed by atoms with Gasteiger partial charge >= 0.3 is 0 Å². The average molecular weight is 289 g/mol. The molecule has 0 saturated heterocycles. The molecule has 114 valence electrons. The number of ether oxygens (including phenoxy) is 2. The highest BCUT2D eigenvalue weighted by Gasteiger charge is 2.21. The van der Waals surface area contributed by atoms with E-state index in [1.165, 1.54) is 0 Å². The molecule has 0 aliphatic carbocycles. The van der Waals surface area contributed by atoms with E-state index >= 15 is 0 Å². The minimum Gasteiger partial charge on any atom is -0.497 e. The van der Waals surface area contributed by atoms with E-state index in [1.807, 2.05) is 30.3 Å². The fourth-order valence-electron chi connectivity index (χ4n) is 2.37. The highest BCUT2D eigenvalue weighted by Crippen LogP contribution is 2.33. The first-order valence-electron chi connectivity index (χ1n) is 7.27. The lowest BCUT2D eigenvalue weighted by molar-refractivity contribution is 0.381. The van der Waals surface area contributed by atoms with Crippen LogP contribution in [-0.2, 0) is 6.42 Å². The molecule has 0 bridgehead atoms. The van der Waals surface area contributed by atoms with Crippen molar-refractivity contribution < 1.29 is 13.9 Å². The van der Waals surface area contributed by atoms with Gasteiger partial charge in [-0.3, -0.25) is 0 Å². The molecule has 2 aromatic rings. The van der Waals surface area contributed by atoms with Crippen molar-refractivity contribution in [1.29, 1.82) is 0 Å². The van der Waals surface area contributed by atoms with Crippen LogP contribution in [0.3, 0.4) is 0 Å². The second-order valence-corrected chi connectivity index (χ2v) is 4.76. The molecule has 1 aromatic carbocycles. The summed E-state index contributed by atoms with van der Waals surface area (Å²) < 4.78 is 16.7. The lowest BCUT2D eigenvalue weighted by atomic mass is 10.0. The fraction of sp³-hybridized carbons (Fsp3) is 0.412. The molecule has 1 heterocycles. The Balaban J connectivity index is 2.45. The number of rotatable bonds is 7. The lowest BCUT2D eigenvalue weighted by Crippen LogP contribution is -2.22. The summed E-state index contributed by atoms with van der Waals surface area (Å²) in [4.78, 5) is 0. The first kappa shape index (κ1) is 15.4. The Bertz CT molecular complexity index is 577. The molecule has 2 rings (SSSR count). The summed E-state index contributed by atoms with van der Waals surface area (Å²) in [5.74, 6) is 3.49. The van der Waals surface area contributed by atoms with E-state index in [1.54, 1.807) is 14.2 Å². The zero-order valence-electron chi connectivity index (χ0n) is 13.1. The van der Waals surface area contributed by atoms with Crippen molar-refractivity contribution in [2.24, 2.45) is 0 Å². The van der Waals surface area contributed by atoms with Crippen LogP contribution < -0.4 is 14.8 Å². The summed E-state index contributed by atoms with van der Waals surface area (Å²) in [6.07, 6.45) is 0.883. The number of hydrogen-bond acceptors (Lipinski definition) is 4. The Hall–Kier alpha value is -1.94. The van der Waals surface area contributed by atoms with Gasteiger partial charge in [-0.15, -0.1) is 0 Å². The minimum atomic E-state index is -0.0552. The van der Waals surface area contributed by atoms with E-state index < -0.39 is 0 Å². The van der Waals surface area contributed by atoms with Gasteiger partial charge in [0.2, 0.25) is 0 Å². The highest BCUT2D eigenvalue weighted by molar-refractivity contribution is 5.44. The molecule has 0 aliphatic rings. The van der Waals surface area contributed by atoms with Gasteiger partial charge in [-0.05, 0) is 36.9 Å². The second-order valence-electron chi connectivity index (χ2n) is 4.76. The number of hydrogen-bond donors (Lipinski definition) is 1. The molecule has 21 heavy (non-hydrogen) atoms. The topological polar surface area (TPSA) is 43.6 Å². The molecular formula is C17H23NO3. The Labute approximate surface area is 126 Å². The third-order valence-corrected chi connectivity index (χ3v) is 3.47. The number of methoxy groups -OCH3 is 2. The largest absolute Gasteiger partial charge is 0.497 e. The average Bonchev–Trinajstić information content (AvgIpc) is 3.00. The Morgan fingerprint density at radius 1 is 1.10 bits per heavy atom. The van der Waals surface area contributed by atoms with Crippen LogP contribution in [0.5, 0.6) is 11.5 Å². The summed E-state index contributed by atoms with van der Waals surface area (Å²) in [6.45, 7) is 4.98. The third-order valence-electron chi connectivity index (χ3n) is 3.47. The standard InChI is InChI=1S/C17H23NO3/c1-5-12-7-10-16(21-12)17(18-6-2)14-11-13(19-3)8-9-15(14)20-4/h7-11,17-18H,5-6H2,1-4H3. The van der Waals surface area contributed by atoms with Crippen LogP contribution in [0.15, 0.2) is 34.7 Å². The van der Waals surface area contributed by atoms with Crippen LogP contribution in [0.4, 0.5) is 0 Å². The summed E-state index contributed by atoms with van der Waals surface area (Å²) in [5, 5.41) is 3.45. The SMILES string of the molecule is CCNC(c1ccc(CC)o1)c1cc(OC)ccc1OC. The maximum Gasteiger partial charge on any atom is 0.125 e. The highest BCUT2D eigenvalue weighted by atomic mass is 16.5. The van der Waals surface area contributed by atoms with E-state index in [-0.39, 0.29) is 6.04 Å².